The Morgan fingerprint density at radius 3 is 2.93 bits per heavy atom. The predicted octanol–water partition coefficient (Wildman–Crippen LogP) is 2.59. The fourth-order valence-electron chi connectivity index (χ4n) is 3.13. The van der Waals surface area contributed by atoms with Gasteiger partial charge in [0.15, 0.2) is 0 Å². The molecule has 3 heterocycles. The molecule has 2 aromatic carbocycles. The zero-order valence-electron chi connectivity index (χ0n) is 15.7. The number of sulfonamides is 1. The Kier molecular flexibility index (Phi) is 4.53. The molecule has 0 aliphatic carbocycles. The molecule has 0 atom stereocenters. The molecule has 12 heteroatoms. The number of aromatic nitrogens is 6. The second-order valence-corrected chi connectivity index (χ2v) is 8.72. The quantitative estimate of drug-likeness (QED) is 0.426. The van der Waals surface area contributed by atoms with E-state index in [0.29, 0.717) is 16.9 Å². The standard InChI is InChI=1S/C18H15N7O3S2/c1-2-25-10-19-13-8-11(6-7-14(13)25)18-21-16(28-22-18)9-20-30(26,27)15-5-3-4-12-17(15)24-29-23-12/h3-8,10,20H,2,9H2,1H3. The van der Waals surface area contributed by atoms with Crippen molar-refractivity contribution in [3.63, 3.8) is 0 Å². The van der Waals surface area contributed by atoms with Crippen molar-refractivity contribution in [3.8, 4) is 11.4 Å². The summed E-state index contributed by atoms with van der Waals surface area (Å²) in [4.78, 5) is 8.74. The van der Waals surface area contributed by atoms with Crippen LogP contribution in [0.5, 0.6) is 0 Å². The summed E-state index contributed by atoms with van der Waals surface area (Å²) < 4.78 is 43.3. The maximum atomic E-state index is 12.7. The lowest BCUT2D eigenvalue weighted by molar-refractivity contribution is 0.376. The molecule has 0 fully saturated rings. The van der Waals surface area contributed by atoms with Gasteiger partial charge in [0.1, 0.15) is 15.9 Å². The van der Waals surface area contributed by atoms with E-state index in [2.05, 4.69) is 28.6 Å². The van der Waals surface area contributed by atoms with Gasteiger partial charge in [0.2, 0.25) is 21.7 Å². The van der Waals surface area contributed by atoms with Crippen LogP contribution in [-0.4, -0.2) is 36.9 Å². The molecular formula is C18H15N7O3S2. The first-order valence-corrected chi connectivity index (χ1v) is 11.3. The van der Waals surface area contributed by atoms with Gasteiger partial charge in [-0.15, -0.1) is 0 Å². The van der Waals surface area contributed by atoms with Crippen molar-refractivity contribution in [2.75, 3.05) is 0 Å². The van der Waals surface area contributed by atoms with E-state index in [0.717, 1.165) is 34.9 Å². The van der Waals surface area contributed by atoms with E-state index in [4.69, 9.17) is 4.52 Å². The van der Waals surface area contributed by atoms with Crippen LogP contribution < -0.4 is 4.72 Å². The van der Waals surface area contributed by atoms with Crippen LogP contribution in [0.15, 0.2) is 52.1 Å². The van der Waals surface area contributed by atoms with Gasteiger partial charge in [-0.2, -0.15) is 13.7 Å². The number of nitrogens with one attached hydrogen (secondary N) is 1. The number of hydrogen-bond donors (Lipinski definition) is 1. The average molecular weight is 441 g/mol. The summed E-state index contributed by atoms with van der Waals surface area (Å²) >= 11 is 0.962. The number of aryl methyl sites for hydroxylation is 1. The first-order valence-electron chi connectivity index (χ1n) is 9.04. The molecule has 0 radical (unpaired) electrons. The molecule has 0 unspecified atom stereocenters. The Morgan fingerprint density at radius 1 is 1.17 bits per heavy atom. The Bertz CT molecular complexity index is 1470. The normalized spacial score (nSPS) is 12.2. The molecular weight excluding hydrogens is 426 g/mol. The van der Waals surface area contributed by atoms with Gasteiger partial charge in [0.25, 0.3) is 0 Å². The first-order chi connectivity index (χ1) is 14.5. The summed E-state index contributed by atoms with van der Waals surface area (Å²) in [5.41, 5.74) is 3.44. The van der Waals surface area contributed by atoms with Crippen molar-refractivity contribution in [1.29, 1.82) is 0 Å². The molecule has 0 aliphatic rings. The summed E-state index contributed by atoms with van der Waals surface area (Å²) in [7, 11) is -3.83. The van der Waals surface area contributed by atoms with Crippen LogP contribution in [0, 0.1) is 0 Å². The second kappa shape index (κ2) is 7.23. The van der Waals surface area contributed by atoms with Gasteiger partial charge in [0.05, 0.1) is 35.6 Å². The third-order valence-corrected chi connectivity index (χ3v) is 6.62. The van der Waals surface area contributed by atoms with E-state index in [1.54, 1.807) is 18.5 Å². The summed E-state index contributed by atoms with van der Waals surface area (Å²) in [5, 5.41) is 3.96. The van der Waals surface area contributed by atoms with E-state index in [1.165, 1.54) is 6.07 Å². The van der Waals surface area contributed by atoms with Crippen LogP contribution in [0.4, 0.5) is 0 Å². The van der Waals surface area contributed by atoms with Crippen molar-refractivity contribution < 1.29 is 12.9 Å². The highest BCUT2D eigenvalue weighted by molar-refractivity contribution is 7.89. The lowest BCUT2D eigenvalue weighted by Crippen LogP contribution is -2.23. The summed E-state index contributed by atoms with van der Waals surface area (Å²) in [6.45, 7) is 2.73. The fourth-order valence-corrected chi connectivity index (χ4v) is 4.87. The molecule has 30 heavy (non-hydrogen) atoms. The van der Waals surface area contributed by atoms with E-state index < -0.39 is 10.0 Å². The molecule has 0 spiro atoms. The minimum absolute atomic E-state index is 0.0606. The fraction of sp³-hybridized carbons (Fsp3) is 0.167. The van der Waals surface area contributed by atoms with Gasteiger partial charge in [-0.1, -0.05) is 11.2 Å². The Labute approximate surface area is 174 Å². The Morgan fingerprint density at radius 2 is 2.07 bits per heavy atom. The highest BCUT2D eigenvalue weighted by atomic mass is 32.2. The van der Waals surface area contributed by atoms with Gasteiger partial charge in [-0.3, -0.25) is 0 Å². The maximum absolute atomic E-state index is 12.7. The van der Waals surface area contributed by atoms with Gasteiger partial charge >= 0.3 is 0 Å². The monoisotopic (exact) mass is 441 g/mol. The molecule has 0 amide bonds. The zero-order valence-corrected chi connectivity index (χ0v) is 17.3. The van der Waals surface area contributed by atoms with E-state index in [9.17, 15) is 8.42 Å². The topological polar surface area (TPSA) is 129 Å². The third-order valence-electron chi connectivity index (χ3n) is 4.64. The van der Waals surface area contributed by atoms with Crippen LogP contribution in [0.25, 0.3) is 33.5 Å². The number of rotatable bonds is 6. The largest absolute Gasteiger partial charge is 0.338 e. The Hall–Kier alpha value is -3.22. The van der Waals surface area contributed by atoms with Crippen LogP contribution in [0.3, 0.4) is 0 Å². The van der Waals surface area contributed by atoms with Gasteiger partial charge in [0, 0.05) is 12.1 Å². The molecule has 5 rings (SSSR count). The van der Waals surface area contributed by atoms with Crippen molar-refractivity contribution in [2.45, 2.75) is 24.9 Å². The van der Waals surface area contributed by atoms with Gasteiger partial charge in [-0.05, 0) is 37.3 Å². The SMILES string of the molecule is CCn1cnc2cc(-c3noc(CNS(=O)(=O)c4cccc5nsnc45)n3)ccc21. The molecule has 0 saturated carbocycles. The Balaban J connectivity index is 1.37. The lowest BCUT2D eigenvalue weighted by Gasteiger charge is -2.04. The molecule has 1 N–H and O–H groups in total. The maximum Gasteiger partial charge on any atom is 0.243 e. The molecule has 152 valence electrons. The van der Waals surface area contributed by atoms with E-state index in [-0.39, 0.29) is 17.3 Å². The van der Waals surface area contributed by atoms with Crippen LogP contribution in [-0.2, 0) is 23.1 Å². The van der Waals surface area contributed by atoms with Crippen molar-refractivity contribution in [1.82, 2.24) is 33.2 Å². The van der Waals surface area contributed by atoms with Crippen LogP contribution in [0.2, 0.25) is 0 Å². The molecule has 10 nitrogen and oxygen atoms in total. The number of nitrogens with zero attached hydrogens (tertiary/aromatic N) is 6. The first kappa shape index (κ1) is 18.8. The number of imidazole rings is 1. The van der Waals surface area contributed by atoms with Gasteiger partial charge in [-0.25, -0.2) is 18.1 Å². The van der Waals surface area contributed by atoms with E-state index in [1.807, 2.05) is 29.7 Å². The van der Waals surface area contributed by atoms with Crippen LogP contribution in [0.1, 0.15) is 12.8 Å². The minimum Gasteiger partial charge on any atom is -0.338 e. The molecule has 0 saturated heterocycles. The third kappa shape index (κ3) is 3.24. The highest BCUT2D eigenvalue weighted by Crippen LogP contribution is 2.23. The summed E-state index contributed by atoms with van der Waals surface area (Å²) in [6, 6.07) is 10.5. The van der Waals surface area contributed by atoms with Gasteiger partial charge < -0.3 is 9.09 Å². The van der Waals surface area contributed by atoms with E-state index >= 15 is 0 Å². The molecule has 3 aromatic heterocycles. The number of fused-ring (bicyclic) bond motifs is 2. The highest BCUT2D eigenvalue weighted by Gasteiger charge is 2.21. The molecule has 5 aromatic rings. The van der Waals surface area contributed by atoms with Crippen molar-refractivity contribution in [3.05, 3.63) is 48.6 Å². The summed E-state index contributed by atoms with van der Waals surface area (Å²) in [6.07, 6.45) is 1.78. The lowest BCUT2D eigenvalue weighted by atomic mass is 10.2. The predicted molar refractivity (Wildman–Crippen MR) is 110 cm³/mol. The summed E-state index contributed by atoms with van der Waals surface area (Å²) in [5.74, 6) is 0.513. The smallest absolute Gasteiger partial charge is 0.243 e. The zero-order chi connectivity index (χ0) is 20.7. The molecule has 0 aliphatic heterocycles. The second-order valence-electron chi connectivity index (χ2n) is 6.46. The number of hydrogen-bond acceptors (Lipinski definition) is 9. The molecule has 0 bridgehead atoms. The van der Waals surface area contributed by atoms with Crippen molar-refractivity contribution >= 4 is 43.8 Å². The minimum atomic E-state index is -3.83. The van der Waals surface area contributed by atoms with Crippen molar-refractivity contribution in [2.24, 2.45) is 0 Å². The average Bonchev–Trinajstić information content (AvgIpc) is 3.50. The number of benzene rings is 2. The van der Waals surface area contributed by atoms with Crippen LogP contribution >= 0.6 is 11.7 Å².